The fraction of sp³-hybridized carbons (Fsp3) is 0.455. The lowest BCUT2D eigenvalue weighted by Crippen LogP contribution is -2.18. The van der Waals surface area contributed by atoms with Crippen molar-refractivity contribution < 1.29 is 9.84 Å². The van der Waals surface area contributed by atoms with Crippen molar-refractivity contribution >= 4 is 0 Å². The molecule has 0 bridgehead atoms. The van der Waals surface area contributed by atoms with Gasteiger partial charge in [0.1, 0.15) is 0 Å². The van der Waals surface area contributed by atoms with Gasteiger partial charge in [-0.15, -0.1) is 6.58 Å². The fourth-order valence-corrected chi connectivity index (χ4v) is 2.72. The third-order valence-electron chi connectivity index (χ3n) is 4.54. The molecule has 1 aromatic carbocycles. The molecular formula is C22H32O2. The molecular weight excluding hydrogens is 296 g/mol. The Morgan fingerprint density at radius 3 is 2.46 bits per heavy atom. The minimum absolute atomic E-state index is 0.166. The fourth-order valence-electron chi connectivity index (χ4n) is 2.72. The lowest BCUT2D eigenvalue weighted by molar-refractivity contribution is 0.372. The maximum absolute atomic E-state index is 10.0. The highest BCUT2D eigenvalue weighted by Gasteiger charge is 2.23. The van der Waals surface area contributed by atoms with Crippen LogP contribution in [0.4, 0.5) is 0 Å². The van der Waals surface area contributed by atoms with E-state index in [2.05, 4.69) is 46.4 Å². The zero-order valence-electron chi connectivity index (χ0n) is 15.9. The zero-order chi connectivity index (χ0) is 18.2. The quantitative estimate of drug-likeness (QED) is 0.538. The predicted molar refractivity (Wildman–Crippen MR) is 104 cm³/mol. The van der Waals surface area contributed by atoms with Crippen LogP contribution in [0.1, 0.15) is 58.9 Å². The first kappa shape index (κ1) is 20.1. The highest BCUT2D eigenvalue weighted by molar-refractivity contribution is 5.45. The lowest BCUT2D eigenvalue weighted by atomic mass is 9.78. The van der Waals surface area contributed by atoms with Crippen molar-refractivity contribution in [1.29, 1.82) is 0 Å². The van der Waals surface area contributed by atoms with Crippen LogP contribution >= 0.6 is 0 Å². The zero-order valence-corrected chi connectivity index (χ0v) is 15.9. The standard InChI is InChI=1S/C22H32O2/c1-7-22(5,19-13-14-21(24-6)20(23)16-19)15-9-12-18(4)11-8-10-17(2)3/h7,10,12-14,16,23H,1,8-9,11,15H2,2-6H3/b18-12+. The van der Waals surface area contributed by atoms with Crippen LogP contribution in [0, 0.1) is 0 Å². The minimum Gasteiger partial charge on any atom is -0.504 e. The van der Waals surface area contributed by atoms with Crippen molar-refractivity contribution in [3.63, 3.8) is 0 Å². The van der Waals surface area contributed by atoms with Gasteiger partial charge in [-0.05, 0) is 64.2 Å². The molecule has 2 nitrogen and oxygen atoms in total. The van der Waals surface area contributed by atoms with Crippen molar-refractivity contribution in [2.45, 2.75) is 58.8 Å². The average molecular weight is 328 g/mol. The van der Waals surface area contributed by atoms with Gasteiger partial charge in [-0.3, -0.25) is 0 Å². The van der Waals surface area contributed by atoms with Crippen molar-refractivity contribution in [3.8, 4) is 11.5 Å². The van der Waals surface area contributed by atoms with Gasteiger partial charge < -0.3 is 9.84 Å². The summed E-state index contributed by atoms with van der Waals surface area (Å²) in [5, 5.41) is 10.0. The van der Waals surface area contributed by atoms with Crippen molar-refractivity contribution in [2.75, 3.05) is 7.11 Å². The van der Waals surface area contributed by atoms with Crippen LogP contribution in [-0.4, -0.2) is 12.2 Å². The first-order valence-corrected chi connectivity index (χ1v) is 8.62. The molecule has 1 atom stereocenters. The second kappa shape index (κ2) is 9.36. The van der Waals surface area contributed by atoms with Crippen LogP contribution in [-0.2, 0) is 5.41 Å². The van der Waals surface area contributed by atoms with Crippen LogP contribution in [0.5, 0.6) is 11.5 Å². The van der Waals surface area contributed by atoms with E-state index in [1.807, 2.05) is 18.2 Å². The van der Waals surface area contributed by atoms with E-state index >= 15 is 0 Å². The third-order valence-corrected chi connectivity index (χ3v) is 4.54. The van der Waals surface area contributed by atoms with E-state index in [1.54, 1.807) is 13.2 Å². The molecule has 0 amide bonds. The Labute approximate surface area is 147 Å². The SMILES string of the molecule is C=CC(C)(CC/C=C(\C)CCC=C(C)C)c1ccc(OC)c(O)c1. The molecule has 0 spiro atoms. The molecule has 0 aromatic heterocycles. The largest absolute Gasteiger partial charge is 0.504 e. The number of benzene rings is 1. The van der Waals surface area contributed by atoms with Crippen LogP contribution in [0.15, 0.2) is 54.2 Å². The number of allylic oxidation sites excluding steroid dienone is 5. The van der Waals surface area contributed by atoms with Crippen LogP contribution in [0.25, 0.3) is 0 Å². The number of ether oxygens (including phenoxy) is 1. The van der Waals surface area contributed by atoms with Crippen molar-refractivity contribution in [3.05, 3.63) is 59.7 Å². The molecule has 0 saturated carbocycles. The Morgan fingerprint density at radius 2 is 1.92 bits per heavy atom. The Morgan fingerprint density at radius 1 is 1.21 bits per heavy atom. The highest BCUT2D eigenvalue weighted by Crippen LogP contribution is 2.36. The molecule has 0 aliphatic carbocycles. The summed E-state index contributed by atoms with van der Waals surface area (Å²) in [7, 11) is 1.56. The van der Waals surface area contributed by atoms with Gasteiger partial charge in [-0.1, -0.05) is 42.4 Å². The Hall–Kier alpha value is -1.96. The van der Waals surface area contributed by atoms with Crippen LogP contribution in [0.3, 0.4) is 0 Å². The summed E-state index contributed by atoms with van der Waals surface area (Å²) < 4.78 is 5.12. The third kappa shape index (κ3) is 5.92. The Kier molecular flexibility index (Phi) is 7.84. The topological polar surface area (TPSA) is 29.5 Å². The predicted octanol–water partition coefficient (Wildman–Crippen LogP) is 6.32. The van der Waals surface area contributed by atoms with Gasteiger partial charge in [0.15, 0.2) is 11.5 Å². The van der Waals surface area contributed by atoms with E-state index in [0.29, 0.717) is 5.75 Å². The van der Waals surface area contributed by atoms with Gasteiger partial charge in [0.05, 0.1) is 7.11 Å². The normalized spacial score (nSPS) is 14.0. The van der Waals surface area contributed by atoms with E-state index in [0.717, 1.165) is 31.2 Å². The molecule has 1 unspecified atom stereocenters. The molecule has 0 heterocycles. The maximum atomic E-state index is 10.0. The summed E-state index contributed by atoms with van der Waals surface area (Å²) in [6.07, 6.45) is 10.8. The molecule has 1 rings (SSSR count). The highest BCUT2D eigenvalue weighted by atomic mass is 16.5. The van der Waals surface area contributed by atoms with Crippen LogP contribution < -0.4 is 4.74 Å². The molecule has 1 N–H and O–H groups in total. The summed E-state index contributed by atoms with van der Waals surface area (Å²) >= 11 is 0. The molecule has 0 fully saturated rings. The summed E-state index contributed by atoms with van der Waals surface area (Å²) in [6.45, 7) is 12.6. The number of hydrogen-bond acceptors (Lipinski definition) is 2. The van der Waals surface area contributed by atoms with Gasteiger partial charge in [-0.2, -0.15) is 0 Å². The van der Waals surface area contributed by atoms with Crippen molar-refractivity contribution in [2.24, 2.45) is 0 Å². The smallest absolute Gasteiger partial charge is 0.160 e. The number of methoxy groups -OCH3 is 1. The van der Waals surface area contributed by atoms with E-state index in [4.69, 9.17) is 4.74 Å². The summed E-state index contributed by atoms with van der Waals surface area (Å²) in [4.78, 5) is 0. The second-order valence-corrected chi connectivity index (χ2v) is 6.92. The Bertz CT molecular complexity index is 606. The average Bonchev–Trinajstić information content (AvgIpc) is 2.54. The number of aromatic hydroxyl groups is 1. The van der Waals surface area contributed by atoms with Gasteiger partial charge in [-0.25, -0.2) is 0 Å². The second-order valence-electron chi connectivity index (χ2n) is 6.92. The van der Waals surface area contributed by atoms with Gasteiger partial charge in [0.25, 0.3) is 0 Å². The number of hydrogen-bond donors (Lipinski definition) is 1. The number of phenols is 1. The summed E-state index contributed by atoms with van der Waals surface area (Å²) in [6, 6.07) is 5.60. The minimum atomic E-state index is -0.166. The van der Waals surface area contributed by atoms with Crippen LogP contribution in [0.2, 0.25) is 0 Å². The van der Waals surface area contributed by atoms with Gasteiger partial charge >= 0.3 is 0 Å². The molecule has 0 radical (unpaired) electrons. The van der Waals surface area contributed by atoms with Gasteiger partial charge in [0.2, 0.25) is 0 Å². The summed E-state index contributed by atoms with van der Waals surface area (Å²) in [5.41, 5.74) is 3.70. The monoisotopic (exact) mass is 328 g/mol. The molecule has 2 heteroatoms. The number of phenolic OH excluding ortho intramolecular Hbond substituents is 1. The molecule has 0 aliphatic heterocycles. The van der Waals surface area contributed by atoms with E-state index in [-0.39, 0.29) is 11.2 Å². The van der Waals surface area contributed by atoms with Crippen molar-refractivity contribution in [1.82, 2.24) is 0 Å². The van der Waals surface area contributed by atoms with E-state index < -0.39 is 0 Å². The number of rotatable bonds is 9. The molecule has 0 aliphatic rings. The molecule has 1 aromatic rings. The molecule has 24 heavy (non-hydrogen) atoms. The first-order chi connectivity index (χ1) is 11.3. The molecule has 0 saturated heterocycles. The molecule has 132 valence electrons. The lowest BCUT2D eigenvalue weighted by Gasteiger charge is -2.26. The Balaban J connectivity index is 2.73. The van der Waals surface area contributed by atoms with Gasteiger partial charge in [0, 0.05) is 5.41 Å². The van der Waals surface area contributed by atoms with E-state index in [1.165, 1.54) is 11.1 Å². The van der Waals surface area contributed by atoms with E-state index in [9.17, 15) is 5.11 Å². The summed E-state index contributed by atoms with van der Waals surface area (Å²) in [5.74, 6) is 0.677. The maximum Gasteiger partial charge on any atom is 0.160 e. The first-order valence-electron chi connectivity index (χ1n) is 8.62.